The van der Waals surface area contributed by atoms with Crippen LogP contribution < -0.4 is 9.63 Å². The van der Waals surface area contributed by atoms with E-state index < -0.39 is 45.2 Å². The number of carbonyl (C=O) groups is 1. The van der Waals surface area contributed by atoms with Crippen molar-refractivity contribution >= 4 is 21.3 Å². The van der Waals surface area contributed by atoms with E-state index in [0.717, 1.165) is 0 Å². The Labute approximate surface area is 177 Å². The molecule has 1 aliphatic heterocycles. The second-order valence-electron chi connectivity index (χ2n) is 6.93. The number of rotatable bonds is 5. The zero-order valence-corrected chi connectivity index (χ0v) is 18.3. The summed E-state index contributed by atoms with van der Waals surface area (Å²) in [6.07, 6.45) is -1.66. The van der Waals surface area contributed by atoms with Gasteiger partial charge >= 0.3 is 13.8 Å². The molecule has 1 aromatic heterocycles. The van der Waals surface area contributed by atoms with Gasteiger partial charge in [0.15, 0.2) is 7.60 Å². The molecule has 11 nitrogen and oxygen atoms in total. The average molecular weight is 472 g/mol. The van der Waals surface area contributed by atoms with Gasteiger partial charge in [-0.3, -0.25) is 14.1 Å². The molecular weight excluding hydrogens is 452 g/mol. The lowest BCUT2D eigenvalue weighted by atomic mass is 10.2. The molecule has 0 aliphatic carbocycles. The molecule has 1 aromatic carbocycles. The third-order valence-corrected chi connectivity index (χ3v) is 8.76. The van der Waals surface area contributed by atoms with Crippen molar-refractivity contribution in [3.8, 4) is 5.75 Å². The Morgan fingerprint density at radius 2 is 1.97 bits per heavy atom. The molecule has 0 bridgehead atoms. The number of para-hydroxylation sites is 1. The van der Waals surface area contributed by atoms with Crippen molar-refractivity contribution in [3.05, 3.63) is 59.9 Å². The van der Waals surface area contributed by atoms with Gasteiger partial charge in [-0.15, -0.1) is 0 Å². The Bertz CT molecular complexity index is 1020. The SMILES string of the molecule is CC(C)OC(=O)Oc1ccccc1[C@H]1OP(=O)([O-])[C@@](O)(Cc2cccnc2)P(=O)(O)O1. The summed E-state index contributed by atoms with van der Waals surface area (Å²) in [7, 11) is -10.7. The first-order valence-electron chi connectivity index (χ1n) is 9.05. The number of nitrogens with zero attached hydrogens (tertiary/aromatic N) is 1. The maximum Gasteiger partial charge on any atom is 0.514 e. The topological polar surface area (TPSA) is 165 Å². The molecule has 2 aromatic rings. The normalized spacial score (nSPS) is 30.7. The van der Waals surface area contributed by atoms with E-state index in [1.165, 1.54) is 48.8 Å². The molecule has 2 heterocycles. The van der Waals surface area contributed by atoms with Crippen molar-refractivity contribution < 1.29 is 47.3 Å². The number of hydrogen-bond donors (Lipinski definition) is 2. The summed E-state index contributed by atoms with van der Waals surface area (Å²) in [5, 5.41) is 7.44. The van der Waals surface area contributed by atoms with E-state index in [1.54, 1.807) is 13.8 Å². The lowest BCUT2D eigenvalue weighted by Crippen LogP contribution is -2.42. The molecule has 4 atom stereocenters. The highest BCUT2D eigenvalue weighted by Gasteiger charge is 2.62. The number of ether oxygens (including phenoxy) is 2. The van der Waals surface area contributed by atoms with Crippen molar-refractivity contribution in [1.29, 1.82) is 0 Å². The molecular formula is C18H20NO10P2-. The van der Waals surface area contributed by atoms with E-state index in [9.17, 15) is 28.8 Å². The highest BCUT2D eigenvalue weighted by Crippen LogP contribution is 2.77. The fourth-order valence-electron chi connectivity index (χ4n) is 2.76. The van der Waals surface area contributed by atoms with Gasteiger partial charge in [-0.1, -0.05) is 24.3 Å². The minimum absolute atomic E-state index is 0.168. The van der Waals surface area contributed by atoms with Crippen LogP contribution in [-0.2, 0) is 29.3 Å². The number of carbonyl (C=O) groups excluding carboxylic acids is 1. The van der Waals surface area contributed by atoms with E-state index >= 15 is 0 Å². The molecule has 0 saturated carbocycles. The fraction of sp³-hybridized carbons (Fsp3) is 0.333. The van der Waals surface area contributed by atoms with Crippen LogP contribution in [0.3, 0.4) is 0 Å². The lowest BCUT2D eigenvalue weighted by Gasteiger charge is -2.47. The summed E-state index contributed by atoms with van der Waals surface area (Å²) in [5.41, 5.74) is -0.00171. The first-order valence-corrected chi connectivity index (χ1v) is 12.2. The third kappa shape index (κ3) is 4.88. The molecule has 3 rings (SSSR count). The van der Waals surface area contributed by atoms with Crippen molar-refractivity contribution in [3.63, 3.8) is 0 Å². The molecule has 31 heavy (non-hydrogen) atoms. The van der Waals surface area contributed by atoms with Crippen LogP contribution in [0.5, 0.6) is 5.75 Å². The summed E-state index contributed by atoms with van der Waals surface area (Å²) in [6, 6.07) is 8.36. The Hall–Kier alpha value is -2.10. The van der Waals surface area contributed by atoms with E-state index in [1.807, 2.05) is 0 Å². The Morgan fingerprint density at radius 1 is 1.26 bits per heavy atom. The molecule has 1 aliphatic rings. The smallest absolute Gasteiger partial charge is 0.514 e. The summed E-state index contributed by atoms with van der Waals surface area (Å²) in [6.45, 7) is 3.19. The van der Waals surface area contributed by atoms with Gasteiger partial charge in [-0.2, -0.15) is 0 Å². The van der Waals surface area contributed by atoms with Crippen molar-refractivity contribution in [2.45, 2.75) is 37.7 Å². The van der Waals surface area contributed by atoms with Crippen molar-refractivity contribution in [1.82, 2.24) is 4.98 Å². The first-order chi connectivity index (χ1) is 14.5. The van der Waals surface area contributed by atoms with Gasteiger partial charge in [-0.25, -0.2) is 4.79 Å². The highest BCUT2D eigenvalue weighted by molar-refractivity contribution is 7.72. The van der Waals surface area contributed by atoms with Crippen LogP contribution in [-0.4, -0.2) is 32.3 Å². The Morgan fingerprint density at radius 3 is 2.58 bits per heavy atom. The van der Waals surface area contributed by atoms with Crippen molar-refractivity contribution in [2.75, 3.05) is 0 Å². The Kier molecular flexibility index (Phi) is 6.69. The van der Waals surface area contributed by atoms with Gasteiger partial charge in [0.2, 0.25) is 11.4 Å². The highest BCUT2D eigenvalue weighted by atomic mass is 31.2. The molecule has 0 amide bonds. The van der Waals surface area contributed by atoms with Gasteiger partial charge in [0.1, 0.15) is 5.75 Å². The monoisotopic (exact) mass is 472 g/mol. The lowest BCUT2D eigenvalue weighted by molar-refractivity contribution is -0.233. The van der Waals surface area contributed by atoms with Gasteiger partial charge in [0.05, 0.1) is 11.7 Å². The number of aromatic nitrogens is 1. The summed E-state index contributed by atoms with van der Waals surface area (Å²) in [4.78, 5) is 38.8. The standard InChI is InChI=1S/C18H21NO10P2/c1-12(2)26-17(20)27-15-8-4-3-7-14(15)16-28-30(22,23)18(21,31(24,25)29-16)10-13-6-5-9-19-11-13/h3-9,11-12,16,21H,10H2,1-2H3,(H,22,23)(H,24,25)/p-1/t16-,18-. The van der Waals surface area contributed by atoms with Crippen molar-refractivity contribution in [2.24, 2.45) is 0 Å². The maximum absolute atomic E-state index is 12.8. The summed E-state index contributed by atoms with van der Waals surface area (Å²) < 4.78 is 45.5. The molecule has 0 spiro atoms. The zero-order chi connectivity index (χ0) is 22.9. The third-order valence-electron chi connectivity index (χ3n) is 4.23. The van der Waals surface area contributed by atoms with Crippen LogP contribution in [0.1, 0.15) is 31.3 Å². The molecule has 1 saturated heterocycles. The molecule has 0 radical (unpaired) electrons. The zero-order valence-electron chi connectivity index (χ0n) is 16.5. The van der Waals surface area contributed by atoms with Crippen LogP contribution in [0.15, 0.2) is 48.8 Å². The van der Waals surface area contributed by atoms with E-state index in [0.29, 0.717) is 0 Å². The van der Waals surface area contributed by atoms with Crippen LogP contribution in [0.4, 0.5) is 4.79 Å². The predicted molar refractivity (Wildman–Crippen MR) is 104 cm³/mol. The Balaban J connectivity index is 1.92. The van der Waals surface area contributed by atoms with Gasteiger partial charge in [0.25, 0.3) is 0 Å². The molecule has 2 unspecified atom stereocenters. The maximum atomic E-state index is 12.8. The number of pyridine rings is 1. The molecule has 2 N–H and O–H groups in total. The van der Waals surface area contributed by atoms with E-state index in [4.69, 9.17) is 18.5 Å². The number of benzene rings is 1. The van der Waals surface area contributed by atoms with Gasteiger partial charge < -0.3 is 33.5 Å². The minimum Gasteiger partial charge on any atom is -0.776 e. The second kappa shape index (κ2) is 8.80. The van der Waals surface area contributed by atoms with E-state index in [-0.39, 0.29) is 16.9 Å². The second-order valence-corrected chi connectivity index (χ2v) is 11.2. The predicted octanol–water partition coefficient (Wildman–Crippen LogP) is 2.68. The number of hydrogen-bond acceptors (Lipinski definition) is 10. The summed E-state index contributed by atoms with van der Waals surface area (Å²) >= 11 is 0. The van der Waals surface area contributed by atoms with Crippen LogP contribution >= 0.6 is 15.2 Å². The molecule has 168 valence electrons. The average Bonchev–Trinajstić information content (AvgIpc) is 2.66. The fourth-order valence-corrected chi connectivity index (χ4v) is 6.27. The van der Waals surface area contributed by atoms with Crippen LogP contribution in [0.25, 0.3) is 0 Å². The van der Waals surface area contributed by atoms with E-state index in [2.05, 4.69) is 4.98 Å². The molecule has 1 fully saturated rings. The first kappa shape index (κ1) is 23.6. The summed E-state index contributed by atoms with van der Waals surface area (Å²) in [5.74, 6) is -0.212. The minimum atomic E-state index is -5.43. The van der Waals surface area contributed by atoms with Gasteiger partial charge in [-0.05, 0) is 31.5 Å². The quantitative estimate of drug-likeness (QED) is 0.373. The van der Waals surface area contributed by atoms with Crippen LogP contribution in [0.2, 0.25) is 0 Å². The largest absolute Gasteiger partial charge is 0.776 e. The van der Waals surface area contributed by atoms with Crippen LogP contribution in [0, 0.1) is 0 Å². The van der Waals surface area contributed by atoms with Gasteiger partial charge in [0, 0.05) is 18.8 Å². The number of aliphatic hydroxyl groups is 1. The molecule has 13 heteroatoms.